The van der Waals surface area contributed by atoms with E-state index in [9.17, 15) is 15.2 Å². The van der Waals surface area contributed by atoms with Crippen LogP contribution in [0.1, 0.15) is 24.1 Å². The molecule has 1 atom stereocenters. The summed E-state index contributed by atoms with van der Waals surface area (Å²) in [4.78, 5) is 14.6. The van der Waals surface area contributed by atoms with Gasteiger partial charge in [-0.05, 0) is 46.6 Å². The van der Waals surface area contributed by atoms with E-state index in [2.05, 4.69) is 20.9 Å². The van der Waals surface area contributed by atoms with Gasteiger partial charge in [-0.2, -0.15) is 0 Å². The van der Waals surface area contributed by atoms with Gasteiger partial charge in [0.2, 0.25) is 0 Å². The molecular formula is C16H15BrN2O4. The van der Waals surface area contributed by atoms with Crippen LogP contribution in [-0.2, 0) is 0 Å². The summed E-state index contributed by atoms with van der Waals surface area (Å²) in [5, 5.41) is 20.6. The molecule has 0 aliphatic rings. The van der Waals surface area contributed by atoms with Gasteiger partial charge in [-0.1, -0.05) is 6.07 Å². The molecule has 0 radical (unpaired) electrons. The molecule has 6 nitrogen and oxygen atoms in total. The van der Waals surface area contributed by atoms with E-state index in [1.54, 1.807) is 7.11 Å². The van der Waals surface area contributed by atoms with Crippen LogP contribution in [-0.4, -0.2) is 23.4 Å². The fourth-order valence-corrected chi connectivity index (χ4v) is 2.54. The highest BCUT2D eigenvalue weighted by atomic mass is 79.9. The quantitative estimate of drug-likeness (QED) is 0.478. The molecule has 1 N–H and O–H groups in total. The topological polar surface area (TPSA) is 85.0 Å². The number of non-ortho nitro benzene ring substituents is 1. The monoisotopic (exact) mass is 378 g/mol. The Morgan fingerprint density at radius 3 is 2.70 bits per heavy atom. The van der Waals surface area contributed by atoms with E-state index >= 15 is 0 Å². The number of benzene rings is 2. The molecule has 2 aromatic rings. The van der Waals surface area contributed by atoms with Crippen LogP contribution in [0.2, 0.25) is 0 Å². The normalized spacial score (nSPS) is 12.3. The van der Waals surface area contributed by atoms with E-state index < -0.39 is 4.92 Å². The second-order valence-corrected chi connectivity index (χ2v) is 5.70. The first-order chi connectivity index (χ1) is 10.9. The number of nitro groups is 1. The highest BCUT2D eigenvalue weighted by Gasteiger charge is 2.10. The first-order valence-corrected chi connectivity index (χ1v) is 7.55. The first kappa shape index (κ1) is 17.0. The van der Waals surface area contributed by atoms with Gasteiger partial charge < -0.3 is 9.84 Å². The number of hydrogen-bond donors (Lipinski definition) is 1. The van der Waals surface area contributed by atoms with E-state index in [4.69, 9.17) is 4.74 Å². The SMILES string of the molecule is COc1ccc([C@@H](C)N=Cc2cc([N+](=O)[O-])ccc2O)cc1Br. The molecule has 0 fully saturated rings. The summed E-state index contributed by atoms with van der Waals surface area (Å²) < 4.78 is 6.00. The zero-order valence-electron chi connectivity index (χ0n) is 12.6. The second kappa shape index (κ2) is 7.23. The number of nitrogens with zero attached hydrogens (tertiary/aromatic N) is 2. The number of phenolic OH excluding ortho intramolecular Hbond substituents is 1. The van der Waals surface area contributed by atoms with Crippen LogP contribution in [0.15, 0.2) is 45.9 Å². The predicted molar refractivity (Wildman–Crippen MR) is 91.5 cm³/mol. The molecule has 0 bridgehead atoms. The molecule has 0 amide bonds. The van der Waals surface area contributed by atoms with Crippen LogP contribution in [0, 0.1) is 10.1 Å². The van der Waals surface area contributed by atoms with E-state index in [-0.39, 0.29) is 17.5 Å². The zero-order chi connectivity index (χ0) is 17.0. The minimum absolute atomic E-state index is 0.0533. The summed E-state index contributed by atoms with van der Waals surface area (Å²) in [7, 11) is 1.59. The van der Waals surface area contributed by atoms with Crippen molar-refractivity contribution in [1.82, 2.24) is 0 Å². The van der Waals surface area contributed by atoms with Gasteiger partial charge in [0.15, 0.2) is 0 Å². The maximum atomic E-state index is 10.8. The average Bonchev–Trinajstić information content (AvgIpc) is 2.53. The van der Waals surface area contributed by atoms with Crippen LogP contribution in [0.4, 0.5) is 5.69 Å². The molecule has 2 rings (SSSR count). The summed E-state index contributed by atoms with van der Waals surface area (Å²) in [5.74, 6) is 0.670. The van der Waals surface area contributed by atoms with Gasteiger partial charge in [-0.15, -0.1) is 0 Å². The van der Waals surface area contributed by atoms with Crippen molar-refractivity contribution < 1.29 is 14.8 Å². The molecule has 120 valence electrons. The van der Waals surface area contributed by atoms with Gasteiger partial charge in [0.1, 0.15) is 11.5 Å². The van der Waals surface area contributed by atoms with E-state index in [0.29, 0.717) is 5.56 Å². The van der Waals surface area contributed by atoms with Crippen LogP contribution in [0.5, 0.6) is 11.5 Å². The molecule has 0 aliphatic heterocycles. The van der Waals surface area contributed by atoms with Crippen molar-refractivity contribution >= 4 is 27.8 Å². The Hall–Kier alpha value is -2.41. The van der Waals surface area contributed by atoms with Gasteiger partial charge in [-0.3, -0.25) is 15.1 Å². The van der Waals surface area contributed by atoms with Crippen LogP contribution >= 0.6 is 15.9 Å². The van der Waals surface area contributed by atoms with Crippen molar-refractivity contribution in [3.63, 3.8) is 0 Å². The van der Waals surface area contributed by atoms with E-state index in [0.717, 1.165) is 15.8 Å². The third kappa shape index (κ3) is 4.07. The predicted octanol–water partition coefficient (Wildman–Crippen LogP) is 4.25. The highest BCUT2D eigenvalue weighted by Crippen LogP contribution is 2.29. The Morgan fingerprint density at radius 2 is 2.09 bits per heavy atom. The molecule has 2 aromatic carbocycles. The minimum atomic E-state index is -0.513. The Labute approximate surface area is 141 Å². The highest BCUT2D eigenvalue weighted by molar-refractivity contribution is 9.10. The van der Waals surface area contributed by atoms with Crippen molar-refractivity contribution in [2.45, 2.75) is 13.0 Å². The van der Waals surface area contributed by atoms with Gasteiger partial charge in [-0.25, -0.2) is 0 Å². The molecule has 0 unspecified atom stereocenters. The maximum absolute atomic E-state index is 10.8. The summed E-state index contributed by atoms with van der Waals surface area (Å²) in [6.07, 6.45) is 1.44. The molecule has 23 heavy (non-hydrogen) atoms. The summed E-state index contributed by atoms with van der Waals surface area (Å²) in [5.41, 5.74) is 1.15. The molecular weight excluding hydrogens is 364 g/mol. The standard InChI is InChI=1S/C16H15BrN2O4/c1-10(11-3-6-16(23-2)14(17)8-11)18-9-12-7-13(19(21)22)4-5-15(12)20/h3-10,20H,1-2H3/t10-/m1/s1. The van der Waals surface area contributed by atoms with Crippen molar-refractivity contribution in [1.29, 1.82) is 0 Å². The Balaban J connectivity index is 2.24. The number of phenols is 1. The van der Waals surface area contributed by atoms with Gasteiger partial charge in [0.25, 0.3) is 5.69 Å². The molecule has 0 heterocycles. The fourth-order valence-electron chi connectivity index (χ4n) is 1.98. The summed E-state index contributed by atoms with van der Waals surface area (Å²) >= 11 is 3.42. The van der Waals surface area contributed by atoms with Crippen molar-refractivity contribution in [3.05, 3.63) is 62.1 Å². The molecule has 0 saturated heterocycles. The lowest BCUT2D eigenvalue weighted by Gasteiger charge is -2.10. The number of hydrogen-bond acceptors (Lipinski definition) is 5. The third-order valence-electron chi connectivity index (χ3n) is 3.32. The van der Waals surface area contributed by atoms with Gasteiger partial charge in [0.05, 0.1) is 22.5 Å². The Morgan fingerprint density at radius 1 is 1.35 bits per heavy atom. The fraction of sp³-hybridized carbons (Fsp3) is 0.188. The zero-order valence-corrected chi connectivity index (χ0v) is 14.1. The Kier molecular flexibility index (Phi) is 5.33. The number of aliphatic imine (C=N–C) groups is 1. The van der Waals surface area contributed by atoms with Crippen molar-refractivity contribution in [2.24, 2.45) is 4.99 Å². The lowest BCUT2D eigenvalue weighted by molar-refractivity contribution is -0.384. The van der Waals surface area contributed by atoms with Crippen LogP contribution in [0.25, 0.3) is 0 Å². The number of ether oxygens (including phenoxy) is 1. The van der Waals surface area contributed by atoms with Gasteiger partial charge >= 0.3 is 0 Å². The number of rotatable bonds is 5. The lowest BCUT2D eigenvalue weighted by atomic mass is 10.1. The maximum Gasteiger partial charge on any atom is 0.270 e. The smallest absolute Gasteiger partial charge is 0.270 e. The molecule has 0 spiro atoms. The second-order valence-electron chi connectivity index (χ2n) is 4.85. The molecule has 0 aromatic heterocycles. The number of aromatic hydroxyl groups is 1. The van der Waals surface area contributed by atoms with Crippen molar-refractivity contribution in [2.75, 3.05) is 7.11 Å². The van der Waals surface area contributed by atoms with E-state index in [1.807, 2.05) is 25.1 Å². The van der Waals surface area contributed by atoms with Crippen LogP contribution < -0.4 is 4.74 Å². The van der Waals surface area contributed by atoms with Gasteiger partial charge in [0, 0.05) is 23.9 Å². The molecule has 0 aliphatic carbocycles. The number of nitro benzene ring substituents is 1. The Bertz CT molecular complexity index is 762. The largest absolute Gasteiger partial charge is 0.507 e. The van der Waals surface area contributed by atoms with Crippen molar-refractivity contribution in [3.8, 4) is 11.5 Å². The molecule has 7 heteroatoms. The van der Waals surface area contributed by atoms with E-state index in [1.165, 1.54) is 24.4 Å². The summed E-state index contributed by atoms with van der Waals surface area (Å²) in [6, 6.07) is 9.25. The minimum Gasteiger partial charge on any atom is -0.507 e. The lowest BCUT2D eigenvalue weighted by Crippen LogP contribution is -1.94. The average molecular weight is 379 g/mol. The molecule has 0 saturated carbocycles. The number of methoxy groups -OCH3 is 1. The third-order valence-corrected chi connectivity index (χ3v) is 3.94. The number of halogens is 1. The summed E-state index contributed by atoms with van der Waals surface area (Å²) in [6.45, 7) is 1.89. The van der Waals surface area contributed by atoms with Crippen LogP contribution in [0.3, 0.4) is 0 Å². The first-order valence-electron chi connectivity index (χ1n) is 6.76.